The molecule has 2 unspecified atom stereocenters. The van der Waals surface area contributed by atoms with Crippen molar-refractivity contribution in [2.75, 3.05) is 7.11 Å². The molecule has 0 saturated heterocycles. The van der Waals surface area contributed by atoms with Crippen molar-refractivity contribution in [3.63, 3.8) is 0 Å². The van der Waals surface area contributed by atoms with Crippen molar-refractivity contribution in [1.29, 1.82) is 0 Å². The van der Waals surface area contributed by atoms with Gasteiger partial charge in [0, 0.05) is 10.9 Å². The van der Waals surface area contributed by atoms with Gasteiger partial charge in [-0.15, -0.1) is 11.3 Å². The van der Waals surface area contributed by atoms with Crippen LogP contribution in [0.15, 0.2) is 41.8 Å². The van der Waals surface area contributed by atoms with Gasteiger partial charge >= 0.3 is 0 Å². The molecule has 1 aromatic heterocycles. The van der Waals surface area contributed by atoms with Crippen LogP contribution in [0.25, 0.3) is 0 Å². The molecule has 2 aromatic rings. The summed E-state index contributed by atoms with van der Waals surface area (Å²) >= 11 is 1.69. The number of methoxy groups -OCH3 is 1. The van der Waals surface area contributed by atoms with E-state index in [2.05, 4.69) is 18.3 Å². The lowest BCUT2D eigenvalue weighted by Gasteiger charge is -2.20. The third-order valence-corrected chi connectivity index (χ3v) is 4.72. The highest BCUT2D eigenvalue weighted by Crippen LogP contribution is 2.25. The van der Waals surface area contributed by atoms with Gasteiger partial charge in [-0.25, -0.2) is 0 Å². The molecule has 0 radical (unpaired) electrons. The zero-order valence-corrected chi connectivity index (χ0v) is 14.2. The van der Waals surface area contributed by atoms with E-state index in [1.807, 2.05) is 42.6 Å². The number of amides is 1. The first-order chi connectivity index (χ1) is 10.6. The number of carbonyl (C=O) groups excluding carboxylic acids is 1. The summed E-state index contributed by atoms with van der Waals surface area (Å²) in [5.41, 5.74) is 1.02. The highest BCUT2D eigenvalue weighted by atomic mass is 32.1. The highest BCUT2D eigenvalue weighted by molar-refractivity contribution is 7.09. The second kappa shape index (κ2) is 7.99. The third-order valence-electron chi connectivity index (χ3n) is 3.82. The molecule has 3 nitrogen and oxygen atoms in total. The summed E-state index contributed by atoms with van der Waals surface area (Å²) in [4.78, 5) is 13.9. The van der Waals surface area contributed by atoms with Gasteiger partial charge in [0.15, 0.2) is 0 Å². The first-order valence-corrected chi connectivity index (χ1v) is 8.48. The Bertz CT molecular complexity index is 578. The maximum atomic E-state index is 12.7. The molecule has 0 aliphatic rings. The third kappa shape index (κ3) is 4.34. The minimum Gasteiger partial charge on any atom is -0.497 e. The average Bonchev–Trinajstić information content (AvgIpc) is 3.05. The van der Waals surface area contributed by atoms with E-state index in [-0.39, 0.29) is 17.9 Å². The van der Waals surface area contributed by atoms with Gasteiger partial charge in [0.05, 0.1) is 13.0 Å². The number of ether oxygens (including phenoxy) is 1. The lowest BCUT2D eigenvalue weighted by Crippen LogP contribution is -2.36. The van der Waals surface area contributed by atoms with E-state index in [1.165, 1.54) is 4.88 Å². The molecule has 1 heterocycles. The lowest BCUT2D eigenvalue weighted by molar-refractivity contribution is -0.123. The Balaban J connectivity index is 2.21. The molecule has 0 aliphatic heterocycles. The Morgan fingerprint density at radius 1 is 1.27 bits per heavy atom. The minimum atomic E-state index is -0.168. The Morgan fingerprint density at radius 2 is 2.00 bits per heavy atom. The molecular weight excluding hydrogens is 294 g/mol. The summed E-state index contributed by atoms with van der Waals surface area (Å²) in [6, 6.07) is 12.1. The largest absolute Gasteiger partial charge is 0.497 e. The van der Waals surface area contributed by atoms with Gasteiger partial charge in [-0.05, 0) is 48.9 Å². The van der Waals surface area contributed by atoms with Crippen LogP contribution in [0.2, 0.25) is 0 Å². The van der Waals surface area contributed by atoms with Crippen LogP contribution in [0.4, 0.5) is 0 Å². The van der Waals surface area contributed by atoms with E-state index in [0.29, 0.717) is 0 Å². The molecule has 1 aromatic carbocycles. The zero-order chi connectivity index (χ0) is 15.9. The SMILES string of the molecule is CCC(C)NC(=O)C(Cc1cccs1)c1ccc(OC)cc1. The number of nitrogens with one attached hydrogen (secondary N) is 1. The number of thiophene rings is 1. The van der Waals surface area contributed by atoms with Gasteiger partial charge < -0.3 is 10.1 Å². The quantitative estimate of drug-likeness (QED) is 0.838. The van der Waals surface area contributed by atoms with E-state index < -0.39 is 0 Å². The van der Waals surface area contributed by atoms with Crippen molar-refractivity contribution in [3.8, 4) is 5.75 Å². The number of rotatable bonds is 7. The van der Waals surface area contributed by atoms with Gasteiger partial charge in [0.2, 0.25) is 5.91 Å². The molecule has 0 fully saturated rings. The lowest BCUT2D eigenvalue weighted by atomic mass is 9.93. The molecule has 2 atom stereocenters. The van der Waals surface area contributed by atoms with Crippen molar-refractivity contribution in [1.82, 2.24) is 5.32 Å². The van der Waals surface area contributed by atoms with Gasteiger partial charge in [-0.2, -0.15) is 0 Å². The van der Waals surface area contributed by atoms with E-state index in [0.717, 1.165) is 24.2 Å². The Morgan fingerprint density at radius 3 is 2.55 bits per heavy atom. The maximum Gasteiger partial charge on any atom is 0.228 e. The van der Waals surface area contributed by atoms with Crippen molar-refractivity contribution >= 4 is 17.2 Å². The first-order valence-electron chi connectivity index (χ1n) is 7.60. The molecule has 22 heavy (non-hydrogen) atoms. The monoisotopic (exact) mass is 317 g/mol. The predicted octanol–water partition coefficient (Wildman–Crippen LogP) is 4.00. The predicted molar refractivity (Wildman–Crippen MR) is 91.7 cm³/mol. The summed E-state index contributed by atoms with van der Waals surface area (Å²) < 4.78 is 5.20. The summed E-state index contributed by atoms with van der Waals surface area (Å²) in [6.45, 7) is 4.11. The van der Waals surface area contributed by atoms with Crippen LogP contribution in [0, 0.1) is 0 Å². The van der Waals surface area contributed by atoms with Crippen molar-refractivity contribution < 1.29 is 9.53 Å². The molecule has 0 saturated carbocycles. The molecule has 2 rings (SSSR count). The molecule has 0 aliphatic carbocycles. The van der Waals surface area contributed by atoms with Gasteiger partial charge in [0.1, 0.15) is 5.75 Å². The van der Waals surface area contributed by atoms with E-state index in [1.54, 1.807) is 18.4 Å². The summed E-state index contributed by atoms with van der Waals surface area (Å²) in [5, 5.41) is 5.15. The van der Waals surface area contributed by atoms with Crippen LogP contribution in [-0.4, -0.2) is 19.1 Å². The Labute approximate surface area is 136 Å². The van der Waals surface area contributed by atoms with Gasteiger partial charge in [-0.1, -0.05) is 25.1 Å². The van der Waals surface area contributed by atoms with Crippen molar-refractivity contribution in [3.05, 3.63) is 52.2 Å². The fourth-order valence-electron chi connectivity index (χ4n) is 2.27. The van der Waals surface area contributed by atoms with E-state index >= 15 is 0 Å². The van der Waals surface area contributed by atoms with Gasteiger partial charge in [-0.3, -0.25) is 4.79 Å². The van der Waals surface area contributed by atoms with Crippen LogP contribution >= 0.6 is 11.3 Å². The normalized spacial score (nSPS) is 13.4. The second-order valence-electron chi connectivity index (χ2n) is 5.43. The summed E-state index contributed by atoms with van der Waals surface area (Å²) in [6.07, 6.45) is 1.66. The number of hydrogen-bond acceptors (Lipinski definition) is 3. The molecule has 118 valence electrons. The Kier molecular flexibility index (Phi) is 6.01. The molecule has 1 N–H and O–H groups in total. The highest BCUT2D eigenvalue weighted by Gasteiger charge is 2.22. The molecule has 0 spiro atoms. The number of hydrogen-bond donors (Lipinski definition) is 1. The van der Waals surface area contributed by atoms with Crippen LogP contribution < -0.4 is 10.1 Å². The molecule has 1 amide bonds. The average molecular weight is 317 g/mol. The van der Waals surface area contributed by atoms with Crippen molar-refractivity contribution in [2.45, 2.75) is 38.6 Å². The van der Waals surface area contributed by atoms with Crippen LogP contribution in [-0.2, 0) is 11.2 Å². The van der Waals surface area contributed by atoms with Crippen molar-refractivity contribution in [2.24, 2.45) is 0 Å². The first kappa shape index (κ1) is 16.6. The second-order valence-corrected chi connectivity index (χ2v) is 6.46. The molecular formula is C18H23NO2S. The van der Waals surface area contributed by atoms with Crippen LogP contribution in [0.5, 0.6) is 5.75 Å². The fourth-order valence-corrected chi connectivity index (χ4v) is 3.03. The van der Waals surface area contributed by atoms with E-state index in [4.69, 9.17) is 4.74 Å². The van der Waals surface area contributed by atoms with Gasteiger partial charge in [0.25, 0.3) is 0 Å². The minimum absolute atomic E-state index is 0.0907. The maximum absolute atomic E-state index is 12.7. The zero-order valence-electron chi connectivity index (χ0n) is 13.3. The standard InChI is InChI=1S/C18H23NO2S/c1-4-13(2)19-18(20)17(12-16-6-5-11-22-16)14-7-9-15(21-3)10-8-14/h5-11,13,17H,4,12H2,1-3H3,(H,19,20). The summed E-state index contributed by atoms with van der Waals surface area (Å²) in [7, 11) is 1.65. The number of carbonyl (C=O) groups is 1. The van der Waals surface area contributed by atoms with Crippen LogP contribution in [0.3, 0.4) is 0 Å². The van der Waals surface area contributed by atoms with E-state index in [9.17, 15) is 4.79 Å². The smallest absolute Gasteiger partial charge is 0.228 e. The topological polar surface area (TPSA) is 38.3 Å². The van der Waals surface area contributed by atoms with Crippen LogP contribution in [0.1, 0.15) is 36.6 Å². The Hall–Kier alpha value is -1.81. The molecule has 4 heteroatoms. The number of benzene rings is 1. The molecule has 0 bridgehead atoms. The fraction of sp³-hybridized carbons (Fsp3) is 0.389. The summed E-state index contributed by atoms with van der Waals surface area (Å²) in [5.74, 6) is 0.729.